The molecule has 1 aliphatic carbocycles. The fraction of sp³-hybridized carbons (Fsp3) is 0.368. The van der Waals surface area contributed by atoms with Gasteiger partial charge in [0, 0.05) is 4.83 Å². The highest BCUT2D eigenvalue weighted by molar-refractivity contribution is 9.09. The first-order valence-corrected chi connectivity index (χ1v) is 8.45. The second-order valence-corrected chi connectivity index (χ2v) is 7.00. The first-order valence-electron chi connectivity index (χ1n) is 7.54. The Hall–Kier alpha value is -1.08. The van der Waals surface area contributed by atoms with Crippen molar-refractivity contribution in [3.05, 3.63) is 70.3 Å². The maximum absolute atomic E-state index is 3.87. The average molecular weight is 329 g/mol. The average Bonchev–Trinajstić information content (AvgIpc) is 2.49. The summed E-state index contributed by atoms with van der Waals surface area (Å²) in [4.78, 5) is 0.414. The fourth-order valence-corrected chi connectivity index (χ4v) is 3.66. The molecule has 104 valence electrons. The van der Waals surface area contributed by atoms with Crippen LogP contribution >= 0.6 is 15.9 Å². The van der Waals surface area contributed by atoms with Gasteiger partial charge >= 0.3 is 0 Å². The number of halogens is 1. The second-order valence-electron chi connectivity index (χ2n) is 5.89. The van der Waals surface area contributed by atoms with Crippen LogP contribution in [0.25, 0.3) is 0 Å². The summed E-state index contributed by atoms with van der Waals surface area (Å²) in [5.41, 5.74) is 7.28. The van der Waals surface area contributed by atoms with Crippen LogP contribution in [0.5, 0.6) is 0 Å². The molecule has 0 radical (unpaired) electrons. The zero-order chi connectivity index (χ0) is 13.9. The minimum atomic E-state index is 0.414. The van der Waals surface area contributed by atoms with E-state index in [1.807, 2.05) is 0 Å². The maximum atomic E-state index is 3.87. The molecule has 1 aliphatic rings. The number of hydrogen-bond acceptors (Lipinski definition) is 0. The molecule has 0 N–H and O–H groups in total. The first kappa shape index (κ1) is 13.9. The molecular formula is C19H21Br. The Labute approximate surface area is 130 Å². The highest BCUT2D eigenvalue weighted by Crippen LogP contribution is 2.31. The summed E-state index contributed by atoms with van der Waals surface area (Å²) in [6.07, 6.45) is 6.28. The third-order valence-corrected chi connectivity index (χ3v) is 5.12. The van der Waals surface area contributed by atoms with Crippen molar-refractivity contribution in [2.24, 2.45) is 0 Å². The zero-order valence-corrected chi connectivity index (χ0v) is 13.6. The maximum Gasteiger partial charge on any atom is 0.0435 e. The van der Waals surface area contributed by atoms with Crippen LogP contribution in [0.2, 0.25) is 0 Å². The van der Waals surface area contributed by atoms with Crippen molar-refractivity contribution in [3.63, 3.8) is 0 Å². The number of aryl methyl sites for hydroxylation is 3. The molecule has 0 heterocycles. The highest BCUT2D eigenvalue weighted by atomic mass is 79.9. The molecule has 1 unspecified atom stereocenters. The van der Waals surface area contributed by atoms with Crippen molar-refractivity contribution in [2.75, 3.05) is 0 Å². The molecule has 0 bridgehead atoms. The third kappa shape index (κ3) is 3.15. The number of alkyl halides is 1. The summed E-state index contributed by atoms with van der Waals surface area (Å²) in [6, 6.07) is 15.9. The van der Waals surface area contributed by atoms with Gasteiger partial charge in [0.25, 0.3) is 0 Å². The van der Waals surface area contributed by atoms with E-state index in [0.29, 0.717) is 4.83 Å². The Balaban J connectivity index is 1.76. The van der Waals surface area contributed by atoms with Crippen LogP contribution in [0.1, 0.15) is 45.5 Å². The Bertz CT molecular complexity index is 583. The summed E-state index contributed by atoms with van der Waals surface area (Å²) in [5.74, 6) is 0. The van der Waals surface area contributed by atoms with E-state index in [4.69, 9.17) is 0 Å². The van der Waals surface area contributed by atoms with Gasteiger partial charge in [-0.3, -0.25) is 0 Å². The van der Waals surface area contributed by atoms with Crippen molar-refractivity contribution in [3.8, 4) is 0 Å². The Morgan fingerprint density at radius 1 is 0.950 bits per heavy atom. The largest absolute Gasteiger partial charge is 0.0835 e. The number of hydrogen-bond donors (Lipinski definition) is 0. The van der Waals surface area contributed by atoms with Crippen molar-refractivity contribution < 1.29 is 0 Å². The zero-order valence-electron chi connectivity index (χ0n) is 12.0. The summed E-state index contributed by atoms with van der Waals surface area (Å²) in [6.45, 7) is 2.14. The number of rotatable bonds is 3. The van der Waals surface area contributed by atoms with Crippen molar-refractivity contribution in [1.82, 2.24) is 0 Å². The third-order valence-electron chi connectivity index (χ3n) is 4.27. The number of benzene rings is 2. The molecule has 1 heteroatoms. The normalized spacial score (nSPS) is 15.7. The van der Waals surface area contributed by atoms with Crippen molar-refractivity contribution >= 4 is 15.9 Å². The van der Waals surface area contributed by atoms with Crippen molar-refractivity contribution in [1.29, 1.82) is 0 Å². The molecule has 2 aromatic carbocycles. The van der Waals surface area contributed by atoms with Crippen LogP contribution in [0.3, 0.4) is 0 Å². The van der Waals surface area contributed by atoms with Crippen LogP contribution in [-0.2, 0) is 19.3 Å². The summed E-state index contributed by atoms with van der Waals surface area (Å²) >= 11 is 3.87. The highest BCUT2D eigenvalue weighted by Gasteiger charge is 2.13. The quantitative estimate of drug-likeness (QED) is 0.648. The molecule has 1 atom stereocenters. The fourth-order valence-electron chi connectivity index (χ4n) is 3.00. The predicted octanol–water partition coefficient (Wildman–Crippen LogP) is 5.55. The van der Waals surface area contributed by atoms with E-state index in [0.717, 1.165) is 6.42 Å². The van der Waals surface area contributed by atoms with E-state index >= 15 is 0 Å². The van der Waals surface area contributed by atoms with Crippen LogP contribution in [0.4, 0.5) is 0 Å². The molecule has 0 spiro atoms. The molecule has 0 saturated carbocycles. The van der Waals surface area contributed by atoms with Gasteiger partial charge in [0.05, 0.1) is 0 Å². The van der Waals surface area contributed by atoms with Crippen LogP contribution in [0.15, 0.2) is 42.5 Å². The second kappa shape index (κ2) is 6.13. The molecule has 3 rings (SSSR count). The van der Waals surface area contributed by atoms with E-state index in [2.05, 4.69) is 65.3 Å². The minimum absolute atomic E-state index is 0.414. The van der Waals surface area contributed by atoms with Gasteiger partial charge in [0.15, 0.2) is 0 Å². The van der Waals surface area contributed by atoms with Gasteiger partial charge in [-0.1, -0.05) is 64.0 Å². The molecular weight excluding hydrogens is 308 g/mol. The molecule has 2 aromatic rings. The Morgan fingerprint density at radius 3 is 2.40 bits per heavy atom. The Morgan fingerprint density at radius 2 is 1.65 bits per heavy atom. The van der Waals surface area contributed by atoms with Crippen LogP contribution < -0.4 is 0 Å². The first-order chi connectivity index (χ1) is 9.72. The molecule has 0 saturated heterocycles. The van der Waals surface area contributed by atoms with E-state index in [1.54, 1.807) is 11.1 Å². The minimum Gasteiger partial charge on any atom is -0.0835 e. The molecule has 0 aromatic heterocycles. The topological polar surface area (TPSA) is 0 Å². The lowest BCUT2D eigenvalue weighted by Gasteiger charge is -2.18. The van der Waals surface area contributed by atoms with Gasteiger partial charge < -0.3 is 0 Å². The lowest BCUT2D eigenvalue weighted by molar-refractivity contribution is 0.684. The van der Waals surface area contributed by atoms with Gasteiger partial charge in [0.1, 0.15) is 0 Å². The standard InChI is InChI=1S/C19H21Br/c1-14-6-8-15(9-7-14)12-19(20)18-11-10-16-4-2-3-5-17(16)13-18/h6-11,13,19H,2-5,12H2,1H3. The number of fused-ring (bicyclic) bond motifs is 1. The molecule has 0 aliphatic heterocycles. The summed E-state index contributed by atoms with van der Waals surface area (Å²) < 4.78 is 0. The van der Waals surface area contributed by atoms with E-state index in [-0.39, 0.29) is 0 Å². The summed E-state index contributed by atoms with van der Waals surface area (Å²) in [5, 5.41) is 0. The molecule has 20 heavy (non-hydrogen) atoms. The smallest absolute Gasteiger partial charge is 0.0435 e. The van der Waals surface area contributed by atoms with Gasteiger partial charge in [-0.15, -0.1) is 0 Å². The van der Waals surface area contributed by atoms with Gasteiger partial charge in [-0.05, 0) is 61.3 Å². The summed E-state index contributed by atoms with van der Waals surface area (Å²) in [7, 11) is 0. The van der Waals surface area contributed by atoms with Crippen LogP contribution in [-0.4, -0.2) is 0 Å². The molecule has 0 amide bonds. The monoisotopic (exact) mass is 328 g/mol. The molecule has 0 fully saturated rings. The van der Waals surface area contributed by atoms with E-state index in [1.165, 1.54) is 42.4 Å². The SMILES string of the molecule is Cc1ccc(CC(Br)c2ccc3c(c2)CCCC3)cc1. The van der Waals surface area contributed by atoms with E-state index < -0.39 is 0 Å². The van der Waals surface area contributed by atoms with Gasteiger partial charge in [-0.25, -0.2) is 0 Å². The lowest BCUT2D eigenvalue weighted by Crippen LogP contribution is -2.04. The van der Waals surface area contributed by atoms with Crippen molar-refractivity contribution in [2.45, 2.75) is 43.9 Å². The van der Waals surface area contributed by atoms with Gasteiger partial charge in [-0.2, -0.15) is 0 Å². The lowest BCUT2D eigenvalue weighted by atomic mass is 9.89. The molecule has 0 nitrogen and oxygen atoms in total. The predicted molar refractivity (Wildman–Crippen MR) is 89.6 cm³/mol. The Kier molecular flexibility index (Phi) is 4.26. The van der Waals surface area contributed by atoms with E-state index in [9.17, 15) is 0 Å². The van der Waals surface area contributed by atoms with Gasteiger partial charge in [0.2, 0.25) is 0 Å². The van der Waals surface area contributed by atoms with Crippen LogP contribution in [0, 0.1) is 6.92 Å².